The second-order valence-electron chi connectivity index (χ2n) is 6.17. The molecule has 1 heterocycles. The largest absolute Gasteiger partial charge is 0.357 e. The fourth-order valence-electron chi connectivity index (χ4n) is 2.78. The Morgan fingerprint density at radius 1 is 1.41 bits per heavy atom. The highest BCUT2D eigenvalue weighted by Crippen LogP contribution is 2.14. The van der Waals surface area contributed by atoms with E-state index in [1.165, 1.54) is 38.8 Å². The Morgan fingerprint density at radius 3 is 2.77 bits per heavy atom. The Hall–Kier alpha value is -0.300. The highest BCUT2D eigenvalue weighted by atomic mass is 127. The topological polar surface area (TPSA) is 30.9 Å². The van der Waals surface area contributed by atoms with Gasteiger partial charge in [-0.1, -0.05) is 12.5 Å². The molecule has 0 aromatic carbocycles. The summed E-state index contributed by atoms with van der Waals surface area (Å²) in [5, 5.41) is 3.42. The van der Waals surface area contributed by atoms with Crippen LogP contribution in [0.4, 0.5) is 0 Å². The molecule has 1 saturated heterocycles. The van der Waals surface area contributed by atoms with Gasteiger partial charge in [-0.2, -0.15) is 0 Å². The lowest BCUT2D eigenvalue weighted by molar-refractivity contribution is 0.396. The van der Waals surface area contributed by atoms with Gasteiger partial charge in [-0.05, 0) is 52.1 Å². The molecule has 0 amide bonds. The van der Waals surface area contributed by atoms with E-state index in [-0.39, 0.29) is 24.0 Å². The molecule has 0 aromatic rings. The van der Waals surface area contributed by atoms with Crippen molar-refractivity contribution in [2.45, 2.75) is 39.0 Å². The zero-order chi connectivity index (χ0) is 15.5. The zero-order valence-corrected chi connectivity index (χ0v) is 17.0. The third-order valence-corrected chi connectivity index (χ3v) is 4.09. The Labute approximate surface area is 154 Å². The molecule has 22 heavy (non-hydrogen) atoms. The van der Waals surface area contributed by atoms with Crippen molar-refractivity contribution in [3.05, 3.63) is 12.7 Å². The van der Waals surface area contributed by atoms with E-state index in [0.717, 1.165) is 37.9 Å². The normalized spacial score (nSPS) is 18.9. The first-order valence-corrected chi connectivity index (χ1v) is 8.46. The maximum absolute atomic E-state index is 4.83. The van der Waals surface area contributed by atoms with E-state index < -0.39 is 0 Å². The van der Waals surface area contributed by atoms with Gasteiger partial charge in [0.2, 0.25) is 0 Å². The molecule has 1 atom stereocenters. The van der Waals surface area contributed by atoms with Gasteiger partial charge >= 0.3 is 0 Å². The number of allylic oxidation sites excluding steroid dienone is 1. The van der Waals surface area contributed by atoms with Gasteiger partial charge in [-0.3, -0.25) is 4.99 Å². The van der Waals surface area contributed by atoms with Gasteiger partial charge in [0.25, 0.3) is 0 Å². The van der Waals surface area contributed by atoms with Crippen molar-refractivity contribution in [2.24, 2.45) is 10.9 Å². The van der Waals surface area contributed by atoms with Crippen LogP contribution in [-0.2, 0) is 0 Å². The summed E-state index contributed by atoms with van der Waals surface area (Å²) in [7, 11) is 4.35. The van der Waals surface area contributed by atoms with Crippen LogP contribution in [0.5, 0.6) is 0 Å². The van der Waals surface area contributed by atoms with E-state index in [0.29, 0.717) is 0 Å². The van der Waals surface area contributed by atoms with Crippen molar-refractivity contribution in [3.63, 3.8) is 0 Å². The highest BCUT2D eigenvalue weighted by Gasteiger charge is 2.19. The van der Waals surface area contributed by atoms with Crippen LogP contribution < -0.4 is 5.32 Å². The Bertz CT molecular complexity index is 320. The third kappa shape index (κ3) is 8.98. The molecule has 0 aromatic heterocycles. The molecule has 5 heteroatoms. The molecular formula is C17H35IN4. The molecule has 0 saturated carbocycles. The first-order chi connectivity index (χ1) is 10.2. The molecule has 4 nitrogen and oxygen atoms in total. The molecular weight excluding hydrogens is 387 g/mol. The molecule has 1 aliphatic heterocycles. The third-order valence-electron chi connectivity index (χ3n) is 4.09. The highest BCUT2D eigenvalue weighted by molar-refractivity contribution is 14.0. The van der Waals surface area contributed by atoms with Gasteiger partial charge in [0.05, 0.1) is 0 Å². The lowest BCUT2D eigenvalue weighted by Gasteiger charge is -2.22. The van der Waals surface area contributed by atoms with Crippen LogP contribution in [0.25, 0.3) is 0 Å². The van der Waals surface area contributed by atoms with Gasteiger partial charge in [0.1, 0.15) is 0 Å². The monoisotopic (exact) mass is 422 g/mol. The molecule has 0 radical (unpaired) electrons. The summed E-state index contributed by atoms with van der Waals surface area (Å²) < 4.78 is 0. The van der Waals surface area contributed by atoms with Crippen LogP contribution >= 0.6 is 24.0 Å². The van der Waals surface area contributed by atoms with Gasteiger partial charge in [-0.25, -0.2) is 0 Å². The summed E-state index contributed by atoms with van der Waals surface area (Å²) in [5.41, 5.74) is 0. The summed E-state index contributed by atoms with van der Waals surface area (Å²) in [4.78, 5) is 9.51. The van der Waals surface area contributed by atoms with Crippen molar-refractivity contribution >= 4 is 29.9 Å². The number of guanidine groups is 1. The van der Waals surface area contributed by atoms with Crippen LogP contribution in [-0.4, -0.2) is 62.6 Å². The summed E-state index contributed by atoms with van der Waals surface area (Å²) in [5.74, 6) is 1.79. The number of aliphatic imine (C=N–C) groups is 1. The standard InChI is InChI=1S/C17H34N4.HI/c1-5-7-8-9-10-12-21(4)17(18-6-2)19-14-16-11-13-20(3)15-16;/h5,16H,1,6-15H2,2-4H3,(H,18,19);1H. The quantitative estimate of drug-likeness (QED) is 0.204. The number of rotatable bonds is 9. The van der Waals surface area contributed by atoms with E-state index in [4.69, 9.17) is 4.99 Å². The zero-order valence-electron chi connectivity index (χ0n) is 14.7. The van der Waals surface area contributed by atoms with Gasteiger partial charge in [-0.15, -0.1) is 30.6 Å². The Morgan fingerprint density at radius 2 is 2.18 bits per heavy atom. The van der Waals surface area contributed by atoms with Crippen LogP contribution in [0.15, 0.2) is 17.6 Å². The smallest absolute Gasteiger partial charge is 0.193 e. The maximum atomic E-state index is 4.83. The number of likely N-dealkylation sites (tertiary alicyclic amines) is 1. The summed E-state index contributed by atoms with van der Waals surface area (Å²) in [6.07, 6.45) is 8.16. The van der Waals surface area contributed by atoms with E-state index in [9.17, 15) is 0 Å². The lowest BCUT2D eigenvalue weighted by Crippen LogP contribution is -2.39. The number of hydrogen-bond acceptors (Lipinski definition) is 2. The van der Waals surface area contributed by atoms with Crippen molar-refractivity contribution in [3.8, 4) is 0 Å². The average Bonchev–Trinajstić information content (AvgIpc) is 2.88. The molecule has 1 N–H and O–H groups in total. The predicted octanol–water partition coefficient (Wildman–Crippen LogP) is 3.20. The fraction of sp³-hybridized carbons (Fsp3) is 0.824. The van der Waals surface area contributed by atoms with Crippen molar-refractivity contribution in [1.82, 2.24) is 15.1 Å². The van der Waals surface area contributed by atoms with E-state index >= 15 is 0 Å². The maximum Gasteiger partial charge on any atom is 0.193 e. The molecule has 1 unspecified atom stereocenters. The molecule has 1 rings (SSSR count). The van der Waals surface area contributed by atoms with E-state index in [1.807, 2.05) is 6.08 Å². The van der Waals surface area contributed by atoms with Crippen LogP contribution in [0, 0.1) is 5.92 Å². The number of unbranched alkanes of at least 4 members (excludes halogenated alkanes) is 3. The lowest BCUT2D eigenvalue weighted by atomic mass is 10.1. The summed E-state index contributed by atoms with van der Waals surface area (Å²) >= 11 is 0. The Kier molecular flexibility index (Phi) is 13.0. The minimum Gasteiger partial charge on any atom is -0.357 e. The minimum absolute atomic E-state index is 0. The van der Waals surface area contributed by atoms with Crippen molar-refractivity contribution in [2.75, 3.05) is 46.8 Å². The number of halogens is 1. The van der Waals surface area contributed by atoms with Gasteiger partial charge in [0, 0.05) is 33.2 Å². The second kappa shape index (κ2) is 13.2. The van der Waals surface area contributed by atoms with Crippen molar-refractivity contribution < 1.29 is 0 Å². The average molecular weight is 422 g/mol. The molecule has 1 fully saturated rings. The number of nitrogens with one attached hydrogen (secondary N) is 1. The molecule has 0 aliphatic carbocycles. The summed E-state index contributed by atoms with van der Waals surface area (Å²) in [6.45, 7) is 11.3. The van der Waals surface area contributed by atoms with E-state index in [1.54, 1.807) is 0 Å². The molecule has 0 bridgehead atoms. The molecule has 1 aliphatic rings. The number of nitrogens with zero attached hydrogens (tertiary/aromatic N) is 3. The summed E-state index contributed by atoms with van der Waals surface area (Å²) in [6, 6.07) is 0. The van der Waals surface area contributed by atoms with Crippen LogP contribution in [0.2, 0.25) is 0 Å². The Balaban J connectivity index is 0.00000441. The second-order valence-corrected chi connectivity index (χ2v) is 6.17. The van der Waals surface area contributed by atoms with Gasteiger partial charge < -0.3 is 15.1 Å². The van der Waals surface area contributed by atoms with Crippen molar-refractivity contribution in [1.29, 1.82) is 0 Å². The van der Waals surface area contributed by atoms with Crippen LogP contribution in [0.3, 0.4) is 0 Å². The first kappa shape index (κ1) is 21.7. The van der Waals surface area contributed by atoms with Gasteiger partial charge in [0.15, 0.2) is 5.96 Å². The number of hydrogen-bond donors (Lipinski definition) is 1. The minimum atomic E-state index is 0. The molecule has 0 spiro atoms. The molecule has 130 valence electrons. The van der Waals surface area contributed by atoms with Crippen LogP contribution in [0.1, 0.15) is 39.0 Å². The first-order valence-electron chi connectivity index (χ1n) is 8.46. The van der Waals surface area contributed by atoms with E-state index in [2.05, 4.69) is 42.7 Å². The predicted molar refractivity (Wildman–Crippen MR) is 108 cm³/mol. The fourth-order valence-corrected chi connectivity index (χ4v) is 2.78. The SMILES string of the molecule is C=CCCCCCN(C)C(=NCC1CCN(C)C1)NCC.I.